The van der Waals surface area contributed by atoms with E-state index < -0.39 is 0 Å². The number of hydrogen-bond donors (Lipinski definition) is 3. The molecule has 1 heterocycles. The Kier molecular flexibility index (Phi) is 2.58. The molecule has 4 heteroatoms. The van der Waals surface area contributed by atoms with E-state index in [-0.39, 0.29) is 6.04 Å². The number of nitrogens with one attached hydrogen (secondary N) is 2. The topological polar surface area (TPSA) is 66.7 Å². The second-order valence-corrected chi connectivity index (χ2v) is 3.47. The molecule has 0 saturated heterocycles. The molecule has 0 bridgehead atoms. The van der Waals surface area contributed by atoms with Crippen molar-refractivity contribution in [2.75, 3.05) is 11.1 Å². The maximum atomic E-state index is 5.69. The Morgan fingerprint density at radius 2 is 2.33 bits per heavy atom. The molecule has 0 radical (unpaired) electrons. The summed E-state index contributed by atoms with van der Waals surface area (Å²) < 4.78 is 0. The first-order chi connectivity index (χ1) is 7.25. The molecule has 0 fully saturated rings. The Balaban J connectivity index is 2.09. The summed E-state index contributed by atoms with van der Waals surface area (Å²) in [7, 11) is 0. The van der Waals surface area contributed by atoms with Crippen molar-refractivity contribution in [2.24, 2.45) is 0 Å². The van der Waals surface area contributed by atoms with Gasteiger partial charge in [0.05, 0.1) is 6.04 Å². The highest BCUT2D eigenvalue weighted by Crippen LogP contribution is 2.18. The van der Waals surface area contributed by atoms with Crippen molar-refractivity contribution in [3.05, 3.63) is 42.5 Å². The Morgan fingerprint density at radius 3 is 3.00 bits per heavy atom. The highest BCUT2D eigenvalue weighted by Gasteiger charge is 2.06. The summed E-state index contributed by atoms with van der Waals surface area (Å²) in [5.41, 5.74) is 7.44. The van der Waals surface area contributed by atoms with Crippen LogP contribution in [0.25, 0.3) is 0 Å². The molecule has 1 atom stereocenters. The summed E-state index contributed by atoms with van der Waals surface area (Å²) in [5, 5.41) is 3.31. The number of nitrogen functional groups attached to an aromatic ring is 1. The summed E-state index contributed by atoms with van der Waals surface area (Å²) >= 11 is 0. The number of rotatable bonds is 3. The molecular weight excluding hydrogens is 188 g/mol. The predicted molar refractivity (Wildman–Crippen MR) is 61.5 cm³/mol. The fourth-order valence-corrected chi connectivity index (χ4v) is 1.46. The number of nitrogens with zero attached hydrogens (tertiary/aromatic N) is 1. The molecule has 0 amide bonds. The van der Waals surface area contributed by atoms with Gasteiger partial charge in [-0.1, -0.05) is 6.07 Å². The first kappa shape index (κ1) is 9.58. The summed E-state index contributed by atoms with van der Waals surface area (Å²) in [6.07, 6.45) is 3.56. The van der Waals surface area contributed by atoms with Gasteiger partial charge in [0, 0.05) is 23.8 Å². The van der Waals surface area contributed by atoms with Crippen LogP contribution in [0.3, 0.4) is 0 Å². The van der Waals surface area contributed by atoms with Crippen LogP contribution in [0.2, 0.25) is 0 Å². The minimum Gasteiger partial charge on any atom is -0.399 e. The zero-order chi connectivity index (χ0) is 10.7. The smallest absolute Gasteiger partial charge is 0.128 e. The van der Waals surface area contributed by atoms with Gasteiger partial charge in [0.25, 0.3) is 0 Å². The van der Waals surface area contributed by atoms with E-state index in [0.29, 0.717) is 0 Å². The van der Waals surface area contributed by atoms with Crippen molar-refractivity contribution in [3.63, 3.8) is 0 Å². The first-order valence-electron chi connectivity index (χ1n) is 4.87. The standard InChI is InChI=1S/C11H14N4/c1-8(11-13-5-6-14-11)15-10-4-2-3-9(12)7-10/h2-8,15H,12H2,1H3,(H,13,14). The molecule has 2 aromatic rings. The number of anilines is 2. The Bertz CT molecular complexity index is 422. The van der Waals surface area contributed by atoms with Gasteiger partial charge in [-0.15, -0.1) is 0 Å². The maximum Gasteiger partial charge on any atom is 0.128 e. The van der Waals surface area contributed by atoms with Crippen molar-refractivity contribution in [3.8, 4) is 0 Å². The minimum absolute atomic E-state index is 0.141. The van der Waals surface area contributed by atoms with Crippen LogP contribution in [0.15, 0.2) is 36.7 Å². The lowest BCUT2D eigenvalue weighted by Gasteiger charge is -2.13. The third-order valence-electron chi connectivity index (χ3n) is 2.20. The lowest BCUT2D eigenvalue weighted by atomic mass is 10.2. The van der Waals surface area contributed by atoms with Gasteiger partial charge in [0.2, 0.25) is 0 Å². The van der Waals surface area contributed by atoms with Crippen molar-refractivity contribution in [2.45, 2.75) is 13.0 Å². The molecule has 0 aliphatic rings. The van der Waals surface area contributed by atoms with E-state index in [1.807, 2.05) is 37.4 Å². The van der Waals surface area contributed by atoms with E-state index in [9.17, 15) is 0 Å². The molecule has 1 aromatic carbocycles. The molecule has 2 rings (SSSR count). The van der Waals surface area contributed by atoms with Crippen LogP contribution >= 0.6 is 0 Å². The summed E-state index contributed by atoms with van der Waals surface area (Å²) in [6, 6.07) is 7.81. The van der Waals surface area contributed by atoms with Crippen LogP contribution in [0.4, 0.5) is 11.4 Å². The molecule has 78 valence electrons. The third-order valence-corrected chi connectivity index (χ3v) is 2.20. The second kappa shape index (κ2) is 4.04. The zero-order valence-corrected chi connectivity index (χ0v) is 8.57. The van der Waals surface area contributed by atoms with E-state index in [0.717, 1.165) is 17.2 Å². The second-order valence-electron chi connectivity index (χ2n) is 3.47. The minimum atomic E-state index is 0.141. The third kappa shape index (κ3) is 2.28. The molecule has 4 N–H and O–H groups in total. The predicted octanol–water partition coefficient (Wildman–Crippen LogP) is 2.17. The fourth-order valence-electron chi connectivity index (χ4n) is 1.46. The van der Waals surface area contributed by atoms with Gasteiger partial charge in [-0.05, 0) is 25.1 Å². The van der Waals surface area contributed by atoms with E-state index in [1.54, 1.807) is 6.20 Å². The fraction of sp³-hybridized carbons (Fsp3) is 0.182. The van der Waals surface area contributed by atoms with Crippen LogP contribution < -0.4 is 11.1 Å². The number of benzene rings is 1. The van der Waals surface area contributed by atoms with E-state index >= 15 is 0 Å². The Morgan fingerprint density at radius 1 is 1.47 bits per heavy atom. The number of nitrogens with two attached hydrogens (primary N) is 1. The van der Waals surface area contributed by atoms with Gasteiger partial charge in [-0.2, -0.15) is 0 Å². The molecule has 1 aromatic heterocycles. The van der Waals surface area contributed by atoms with E-state index in [4.69, 9.17) is 5.73 Å². The zero-order valence-electron chi connectivity index (χ0n) is 8.57. The van der Waals surface area contributed by atoms with E-state index in [2.05, 4.69) is 15.3 Å². The highest BCUT2D eigenvalue weighted by molar-refractivity contribution is 5.54. The van der Waals surface area contributed by atoms with Crippen molar-refractivity contribution in [1.29, 1.82) is 0 Å². The SMILES string of the molecule is CC(Nc1cccc(N)c1)c1ncc[nH]1. The number of imidazole rings is 1. The van der Waals surface area contributed by atoms with Crippen molar-refractivity contribution < 1.29 is 0 Å². The molecule has 0 saturated carbocycles. The molecule has 0 spiro atoms. The van der Waals surface area contributed by atoms with Crippen molar-refractivity contribution >= 4 is 11.4 Å². The number of aromatic nitrogens is 2. The average Bonchev–Trinajstić information content (AvgIpc) is 2.70. The lowest BCUT2D eigenvalue weighted by Crippen LogP contribution is -2.08. The first-order valence-corrected chi connectivity index (χ1v) is 4.87. The van der Waals surface area contributed by atoms with Gasteiger partial charge < -0.3 is 16.0 Å². The van der Waals surface area contributed by atoms with Crippen LogP contribution in [0, 0.1) is 0 Å². The number of hydrogen-bond acceptors (Lipinski definition) is 3. The molecule has 4 nitrogen and oxygen atoms in total. The van der Waals surface area contributed by atoms with Crippen LogP contribution in [0.1, 0.15) is 18.8 Å². The Labute approximate surface area is 88.5 Å². The molecule has 0 aliphatic heterocycles. The molecule has 15 heavy (non-hydrogen) atoms. The highest BCUT2D eigenvalue weighted by atomic mass is 15.0. The van der Waals surface area contributed by atoms with Gasteiger partial charge in [-0.3, -0.25) is 0 Å². The van der Waals surface area contributed by atoms with Crippen LogP contribution in [0.5, 0.6) is 0 Å². The molecular formula is C11H14N4. The van der Waals surface area contributed by atoms with Gasteiger partial charge in [0.15, 0.2) is 0 Å². The van der Waals surface area contributed by atoms with Gasteiger partial charge >= 0.3 is 0 Å². The number of aromatic amines is 1. The summed E-state index contributed by atoms with van der Waals surface area (Å²) in [5.74, 6) is 0.914. The van der Waals surface area contributed by atoms with Crippen LogP contribution in [-0.2, 0) is 0 Å². The quantitative estimate of drug-likeness (QED) is 0.668. The largest absolute Gasteiger partial charge is 0.399 e. The maximum absolute atomic E-state index is 5.69. The van der Waals surface area contributed by atoms with Crippen molar-refractivity contribution in [1.82, 2.24) is 9.97 Å². The molecule has 0 aliphatic carbocycles. The van der Waals surface area contributed by atoms with Crippen LogP contribution in [-0.4, -0.2) is 9.97 Å². The monoisotopic (exact) mass is 202 g/mol. The average molecular weight is 202 g/mol. The van der Waals surface area contributed by atoms with Gasteiger partial charge in [0.1, 0.15) is 5.82 Å². The van der Waals surface area contributed by atoms with E-state index in [1.165, 1.54) is 0 Å². The molecule has 1 unspecified atom stereocenters. The summed E-state index contributed by atoms with van der Waals surface area (Å²) in [6.45, 7) is 2.04. The Hall–Kier alpha value is -1.97. The van der Waals surface area contributed by atoms with Gasteiger partial charge in [-0.25, -0.2) is 4.98 Å². The summed E-state index contributed by atoms with van der Waals surface area (Å²) in [4.78, 5) is 7.25. The normalized spacial score (nSPS) is 12.3. The number of H-pyrrole nitrogens is 1. The lowest BCUT2D eigenvalue weighted by molar-refractivity contribution is 0.810.